The lowest BCUT2D eigenvalue weighted by atomic mass is 10.4. The Hall–Kier alpha value is -0.0600. The molecule has 0 bridgehead atoms. The molecule has 4 nitrogen and oxygen atoms in total. The van der Waals surface area contributed by atoms with Crippen LogP contribution in [0.15, 0.2) is 5.38 Å². The molecule has 0 spiro atoms. The van der Waals surface area contributed by atoms with Crippen molar-refractivity contribution in [3.05, 3.63) is 16.1 Å². The minimum absolute atomic E-state index is 0.651. The third-order valence-corrected chi connectivity index (χ3v) is 4.43. The van der Waals surface area contributed by atoms with E-state index in [9.17, 15) is 0 Å². The third-order valence-electron chi connectivity index (χ3n) is 1.79. The number of nitrogens with two attached hydrogens (primary N) is 1. The first-order chi connectivity index (χ1) is 7.80. The molecule has 0 aliphatic carbocycles. The van der Waals surface area contributed by atoms with Crippen LogP contribution in [0, 0.1) is 0 Å². The maximum absolute atomic E-state index is 5.54. The molecule has 0 amide bonds. The number of hydrogen-bond acceptors (Lipinski definition) is 5. The van der Waals surface area contributed by atoms with Gasteiger partial charge in [-0.05, 0) is 20.4 Å². The van der Waals surface area contributed by atoms with Gasteiger partial charge in [-0.1, -0.05) is 0 Å². The molecule has 6 heteroatoms. The normalized spacial score (nSPS) is 11.2. The van der Waals surface area contributed by atoms with Gasteiger partial charge in [-0.2, -0.15) is 0 Å². The van der Waals surface area contributed by atoms with Crippen molar-refractivity contribution >= 4 is 19.7 Å². The zero-order valence-electron chi connectivity index (χ0n) is 9.81. The summed E-state index contributed by atoms with van der Waals surface area (Å²) in [6.07, 6.45) is 1.63. The topological polar surface area (TPSA) is 57.4 Å². The predicted molar refractivity (Wildman–Crippen MR) is 68.7 cm³/mol. The van der Waals surface area contributed by atoms with E-state index in [0.717, 1.165) is 23.3 Å². The van der Waals surface area contributed by atoms with Gasteiger partial charge in [0, 0.05) is 11.8 Å². The second-order valence-electron chi connectivity index (χ2n) is 3.10. The van der Waals surface area contributed by atoms with Crippen LogP contribution in [0.1, 0.15) is 24.5 Å². The van der Waals surface area contributed by atoms with E-state index in [-0.39, 0.29) is 0 Å². The van der Waals surface area contributed by atoms with Crippen molar-refractivity contribution in [2.75, 3.05) is 19.8 Å². The molecule has 0 radical (unpaired) electrons. The van der Waals surface area contributed by atoms with Gasteiger partial charge in [-0.15, -0.1) is 11.3 Å². The van der Waals surface area contributed by atoms with Crippen LogP contribution in [0.4, 0.5) is 0 Å². The first-order valence-corrected chi connectivity index (χ1v) is 7.71. The zero-order chi connectivity index (χ0) is 11.8. The smallest absolute Gasteiger partial charge is 0.176 e. The average molecular weight is 262 g/mol. The second kappa shape index (κ2) is 8.09. The van der Waals surface area contributed by atoms with Gasteiger partial charge >= 0.3 is 0 Å². The van der Waals surface area contributed by atoms with Crippen LogP contribution in [-0.2, 0) is 21.6 Å². The molecule has 0 aliphatic heterocycles. The highest BCUT2D eigenvalue weighted by atomic mass is 32.1. The number of rotatable bonds is 8. The molecular formula is C10H19N2O2PS. The first kappa shape index (κ1) is 14.0. The lowest BCUT2D eigenvalue weighted by Gasteiger charge is -2.13. The Morgan fingerprint density at radius 3 is 2.62 bits per heavy atom. The van der Waals surface area contributed by atoms with Crippen molar-refractivity contribution in [1.82, 2.24) is 4.98 Å². The van der Waals surface area contributed by atoms with Crippen LogP contribution in [0.3, 0.4) is 0 Å². The van der Waals surface area contributed by atoms with Crippen LogP contribution in [0.2, 0.25) is 0 Å². The van der Waals surface area contributed by atoms with Gasteiger partial charge in [-0.3, -0.25) is 0 Å². The maximum atomic E-state index is 5.54. The minimum Gasteiger partial charge on any atom is -0.334 e. The molecule has 1 aromatic heterocycles. The Morgan fingerprint density at radius 2 is 2.06 bits per heavy atom. The van der Waals surface area contributed by atoms with Gasteiger partial charge in [0.1, 0.15) is 0 Å². The zero-order valence-corrected chi connectivity index (χ0v) is 11.5. The van der Waals surface area contributed by atoms with Crippen molar-refractivity contribution in [2.24, 2.45) is 5.73 Å². The fourth-order valence-corrected chi connectivity index (χ4v) is 3.41. The summed E-state index contributed by atoms with van der Waals surface area (Å²) in [4.78, 5) is 4.50. The number of thiazole rings is 1. The van der Waals surface area contributed by atoms with E-state index in [1.165, 1.54) is 0 Å². The Labute approximate surface area is 102 Å². The summed E-state index contributed by atoms with van der Waals surface area (Å²) in [5.41, 5.74) is 6.54. The monoisotopic (exact) mass is 262 g/mol. The molecule has 2 N–H and O–H groups in total. The number of aromatic nitrogens is 1. The van der Waals surface area contributed by atoms with Gasteiger partial charge < -0.3 is 14.8 Å². The number of hydrogen-bond donors (Lipinski definition) is 1. The van der Waals surface area contributed by atoms with Crippen LogP contribution < -0.4 is 5.73 Å². The predicted octanol–water partition coefficient (Wildman–Crippen LogP) is 2.53. The quantitative estimate of drug-likeness (QED) is 0.731. The number of nitrogens with zero attached hydrogens (tertiary/aromatic N) is 1. The van der Waals surface area contributed by atoms with E-state index in [4.69, 9.17) is 14.8 Å². The molecule has 92 valence electrons. The van der Waals surface area contributed by atoms with E-state index in [2.05, 4.69) is 10.4 Å². The summed E-state index contributed by atoms with van der Waals surface area (Å²) < 4.78 is 11.1. The Morgan fingerprint density at radius 1 is 1.38 bits per heavy atom. The Kier molecular flexibility index (Phi) is 7.08. The molecule has 0 unspecified atom stereocenters. The molecule has 0 saturated heterocycles. The van der Waals surface area contributed by atoms with E-state index < -0.39 is 8.38 Å². The molecule has 0 atom stereocenters. The van der Waals surface area contributed by atoms with E-state index in [1.54, 1.807) is 11.3 Å². The van der Waals surface area contributed by atoms with Crippen LogP contribution >= 0.6 is 19.7 Å². The summed E-state index contributed by atoms with van der Waals surface area (Å²) in [5, 5.41) is 3.17. The summed E-state index contributed by atoms with van der Waals surface area (Å²) >= 11 is 1.66. The second-order valence-corrected chi connectivity index (χ2v) is 5.54. The molecule has 0 fully saturated rings. The van der Waals surface area contributed by atoms with Crippen LogP contribution in [0.5, 0.6) is 0 Å². The summed E-state index contributed by atoms with van der Waals surface area (Å²) in [6.45, 7) is 5.99. The average Bonchev–Trinajstić information content (AvgIpc) is 2.67. The Bertz CT molecular complexity index is 290. The fourth-order valence-electron chi connectivity index (χ4n) is 1.21. The molecule has 0 saturated carbocycles. The lowest BCUT2D eigenvalue weighted by molar-refractivity contribution is 0.268. The third kappa shape index (κ3) is 4.85. The largest absolute Gasteiger partial charge is 0.334 e. The summed E-state index contributed by atoms with van der Waals surface area (Å²) in [7, 11) is -0.820. The van der Waals surface area contributed by atoms with Gasteiger partial charge in [0.05, 0.1) is 30.1 Å². The lowest BCUT2D eigenvalue weighted by Crippen LogP contribution is -2.02. The van der Waals surface area contributed by atoms with Crippen LogP contribution in [0.25, 0.3) is 0 Å². The molecule has 1 rings (SSSR count). The Balaban J connectivity index is 2.48. The summed E-state index contributed by atoms with van der Waals surface area (Å²) in [6, 6.07) is 0. The van der Waals surface area contributed by atoms with Gasteiger partial charge in [0.15, 0.2) is 8.38 Å². The highest BCUT2D eigenvalue weighted by molar-refractivity contribution is 7.46. The molecule has 0 aromatic carbocycles. The van der Waals surface area contributed by atoms with Crippen molar-refractivity contribution in [3.8, 4) is 0 Å². The highest BCUT2D eigenvalue weighted by Crippen LogP contribution is 2.41. The van der Waals surface area contributed by atoms with Gasteiger partial charge in [0.25, 0.3) is 0 Å². The fraction of sp³-hybridized carbons (Fsp3) is 0.700. The molecule has 1 heterocycles. The standard InChI is InChI=1S/C10H19N2O2PS/c1-3-13-15(14-4-2)7-9-8-16-10(12-9)5-6-11/h8H,3-7,11H2,1-2H3. The van der Waals surface area contributed by atoms with Crippen molar-refractivity contribution < 1.29 is 9.05 Å². The molecule has 1 aromatic rings. The van der Waals surface area contributed by atoms with Gasteiger partial charge in [-0.25, -0.2) is 4.98 Å². The van der Waals surface area contributed by atoms with Gasteiger partial charge in [0.2, 0.25) is 0 Å². The molecule has 0 aliphatic rings. The highest BCUT2D eigenvalue weighted by Gasteiger charge is 2.12. The molecule has 16 heavy (non-hydrogen) atoms. The van der Waals surface area contributed by atoms with E-state index >= 15 is 0 Å². The van der Waals surface area contributed by atoms with E-state index in [0.29, 0.717) is 19.8 Å². The van der Waals surface area contributed by atoms with Crippen molar-refractivity contribution in [1.29, 1.82) is 0 Å². The van der Waals surface area contributed by atoms with E-state index in [1.807, 2.05) is 13.8 Å². The maximum Gasteiger partial charge on any atom is 0.176 e. The minimum atomic E-state index is -0.820. The summed E-state index contributed by atoms with van der Waals surface area (Å²) in [5.74, 6) is 0. The van der Waals surface area contributed by atoms with Crippen molar-refractivity contribution in [2.45, 2.75) is 26.4 Å². The van der Waals surface area contributed by atoms with Crippen LogP contribution in [-0.4, -0.2) is 24.7 Å². The van der Waals surface area contributed by atoms with Crippen molar-refractivity contribution in [3.63, 3.8) is 0 Å². The first-order valence-electron chi connectivity index (χ1n) is 5.46. The molecular weight excluding hydrogens is 243 g/mol. The SMILES string of the molecule is CCOP(Cc1csc(CCN)n1)OCC.